The second-order valence-electron chi connectivity index (χ2n) is 7.23. The third-order valence-corrected chi connectivity index (χ3v) is 4.86. The number of carboxylic acid groups (broad SMARTS) is 2. The molecule has 2 aliphatic heterocycles. The maximum Gasteiger partial charge on any atom is 0.416 e. The highest BCUT2D eigenvalue weighted by Crippen LogP contribution is 2.32. The molecule has 2 atom stereocenters. The van der Waals surface area contributed by atoms with E-state index in [0.29, 0.717) is 25.2 Å². The summed E-state index contributed by atoms with van der Waals surface area (Å²) in [5.74, 6) is -2.81. The molecule has 12 heteroatoms. The zero-order chi connectivity index (χ0) is 23.9. The van der Waals surface area contributed by atoms with E-state index in [2.05, 4.69) is 10.6 Å². The number of fused-ring (bicyclic) bond motifs is 2. The van der Waals surface area contributed by atoms with E-state index in [-0.39, 0.29) is 29.9 Å². The average molecular weight is 457 g/mol. The molecule has 1 aromatic rings. The van der Waals surface area contributed by atoms with Crippen LogP contribution in [0.1, 0.15) is 17.5 Å². The first kappa shape index (κ1) is 24.9. The SMILES string of the molecule is O=C(NCc1ccccc1C(F)(F)F)N1CC2CNCC(C2)C1=O.O=C(O)/C=C/C(=O)O. The molecule has 0 saturated carbocycles. The van der Waals surface area contributed by atoms with Crippen LogP contribution in [0.2, 0.25) is 0 Å². The maximum atomic E-state index is 13.0. The summed E-state index contributed by atoms with van der Waals surface area (Å²) in [5.41, 5.74) is -0.805. The first-order valence-electron chi connectivity index (χ1n) is 9.58. The highest BCUT2D eigenvalue weighted by atomic mass is 19.4. The maximum absolute atomic E-state index is 13.0. The van der Waals surface area contributed by atoms with Crippen LogP contribution < -0.4 is 10.6 Å². The van der Waals surface area contributed by atoms with E-state index in [1.807, 2.05) is 0 Å². The van der Waals surface area contributed by atoms with Crippen molar-refractivity contribution in [1.82, 2.24) is 15.5 Å². The smallest absolute Gasteiger partial charge is 0.416 e. The van der Waals surface area contributed by atoms with Gasteiger partial charge >= 0.3 is 24.1 Å². The number of nitrogens with zero attached hydrogens (tertiary/aromatic N) is 1. The number of likely N-dealkylation sites (tertiary alicyclic amines) is 1. The number of hydrogen-bond donors (Lipinski definition) is 4. The molecule has 3 amide bonds. The number of piperidine rings is 2. The third-order valence-electron chi connectivity index (χ3n) is 4.86. The minimum absolute atomic E-state index is 0.0235. The Kier molecular flexibility index (Phi) is 8.35. The molecule has 2 aliphatic rings. The standard InChI is InChI=1S/C16H18F3N3O2.C4H4O4/c17-16(18,19)13-4-2-1-3-11(13)8-21-15(24)22-9-10-5-12(14(22)23)7-20-6-10;5-3(6)1-2-4(7)8/h1-4,10,12,20H,5-9H2,(H,21,24);1-2H,(H,5,6)(H,7,8)/b;2-1+. The molecule has 9 nitrogen and oxygen atoms in total. The second-order valence-corrected chi connectivity index (χ2v) is 7.23. The zero-order valence-corrected chi connectivity index (χ0v) is 16.8. The molecule has 174 valence electrons. The van der Waals surface area contributed by atoms with Crippen LogP contribution >= 0.6 is 0 Å². The fourth-order valence-electron chi connectivity index (χ4n) is 3.47. The predicted molar refractivity (Wildman–Crippen MR) is 104 cm³/mol. The lowest BCUT2D eigenvalue weighted by Gasteiger charge is -2.39. The van der Waals surface area contributed by atoms with Crippen LogP contribution in [0, 0.1) is 11.8 Å². The van der Waals surface area contributed by atoms with Crippen molar-refractivity contribution in [3.8, 4) is 0 Å². The van der Waals surface area contributed by atoms with Gasteiger partial charge in [-0.3, -0.25) is 9.69 Å². The predicted octanol–water partition coefficient (Wildman–Crippen LogP) is 1.69. The summed E-state index contributed by atoms with van der Waals surface area (Å²) in [7, 11) is 0. The number of carbonyl (C=O) groups excluding carboxylic acids is 2. The quantitative estimate of drug-likeness (QED) is 0.505. The number of benzene rings is 1. The number of imide groups is 1. The number of carbonyl (C=O) groups is 4. The summed E-state index contributed by atoms with van der Waals surface area (Å²) in [6.45, 7) is 1.31. The Bertz CT molecular complexity index is 887. The lowest BCUT2D eigenvalue weighted by atomic mass is 9.85. The molecule has 0 radical (unpaired) electrons. The first-order valence-corrected chi connectivity index (χ1v) is 9.58. The van der Waals surface area contributed by atoms with Crippen molar-refractivity contribution in [3.63, 3.8) is 0 Å². The topological polar surface area (TPSA) is 136 Å². The number of urea groups is 1. The van der Waals surface area contributed by atoms with Crippen LogP contribution in [-0.2, 0) is 27.1 Å². The van der Waals surface area contributed by atoms with E-state index in [1.54, 1.807) is 0 Å². The lowest BCUT2D eigenvalue weighted by molar-refractivity contribution is -0.139. The van der Waals surface area contributed by atoms with Crippen LogP contribution in [0.25, 0.3) is 0 Å². The Morgan fingerprint density at radius 2 is 1.75 bits per heavy atom. The fourth-order valence-corrected chi connectivity index (χ4v) is 3.47. The Morgan fingerprint density at radius 1 is 1.12 bits per heavy atom. The molecule has 4 N–H and O–H groups in total. The summed E-state index contributed by atoms with van der Waals surface area (Å²) < 4.78 is 38.9. The van der Waals surface area contributed by atoms with Gasteiger partial charge in [0.25, 0.3) is 0 Å². The number of hydrogen-bond acceptors (Lipinski definition) is 5. The van der Waals surface area contributed by atoms with Crippen molar-refractivity contribution in [2.45, 2.75) is 19.1 Å². The Hall–Kier alpha value is -3.41. The van der Waals surface area contributed by atoms with E-state index in [1.165, 1.54) is 18.2 Å². The largest absolute Gasteiger partial charge is 0.478 e. The third kappa shape index (κ3) is 7.08. The molecule has 3 rings (SSSR count). The van der Waals surface area contributed by atoms with Crippen molar-refractivity contribution in [1.29, 1.82) is 0 Å². The van der Waals surface area contributed by atoms with Crippen molar-refractivity contribution in [3.05, 3.63) is 47.5 Å². The van der Waals surface area contributed by atoms with Gasteiger partial charge in [-0.05, 0) is 30.5 Å². The summed E-state index contributed by atoms with van der Waals surface area (Å²) in [6.07, 6.45) is -2.61. The van der Waals surface area contributed by atoms with Crippen LogP contribution in [-0.4, -0.2) is 58.6 Å². The van der Waals surface area contributed by atoms with Crippen molar-refractivity contribution < 1.29 is 42.6 Å². The Balaban J connectivity index is 0.000000390. The summed E-state index contributed by atoms with van der Waals surface area (Å²) in [4.78, 5) is 44.8. The normalized spacial score (nSPS) is 20.3. The van der Waals surface area contributed by atoms with Crippen LogP contribution in [0.3, 0.4) is 0 Å². The van der Waals surface area contributed by atoms with Gasteiger partial charge in [-0.15, -0.1) is 0 Å². The van der Waals surface area contributed by atoms with Gasteiger partial charge in [-0.1, -0.05) is 18.2 Å². The molecule has 0 aromatic heterocycles. The second kappa shape index (κ2) is 10.8. The van der Waals surface area contributed by atoms with Crippen molar-refractivity contribution in [2.24, 2.45) is 11.8 Å². The number of amides is 3. The van der Waals surface area contributed by atoms with Gasteiger partial charge in [0.2, 0.25) is 5.91 Å². The number of carboxylic acids is 2. The fraction of sp³-hybridized carbons (Fsp3) is 0.400. The molecule has 2 heterocycles. The van der Waals surface area contributed by atoms with Gasteiger partial charge in [-0.25, -0.2) is 14.4 Å². The van der Waals surface area contributed by atoms with Gasteiger partial charge in [0.1, 0.15) is 0 Å². The average Bonchev–Trinajstić information content (AvgIpc) is 2.73. The van der Waals surface area contributed by atoms with Gasteiger partial charge < -0.3 is 20.8 Å². The van der Waals surface area contributed by atoms with Crippen molar-refractivity contribution >= 4 is 23.9 Å². The van der Waals surface area contributed by atoms with Gasteiger partial charge in [-0.2, -0.15) is 13.2 Å². The molecular formula is C20H22F3N3O6. The number of alkyl halides is 3. The summed E-state index contributed by atoms with van der Waals surface area (Å²) >= 11 is 0. The number of nitrogens with one attached hydrogen (secondary N) is 2. The molecule has 32 heavy (non-hydrogen) atoms. The van der Waals surface area contributed by atoms with E-state index in [4.69, 9.17) is 10.2 Å². The molecular weight excluding hydrogens is 435 g/mol. The Labute approximate surface area is 180 Å². The first-order chi connectivity index (χ1) is 15.0. The van der Waals surface area contributed by atoms with Crippen LogP contribution in [0.15, 0.2) is 36.4 Å². The lowest BCUT2D eigenvalue weighted by Crippen LogP contribution is -2.58. The number of halogens is 3. The monoisotopic (exact) mass is 457 g/mol. The zero-order valence-electron chi connectivity index (χ0n) is 16.8. The molecule has 1 aromatic carbocycles. The summed E-state index contributed by atoms with van der Waals surface area (Å²) in [5, 5.41) is 21.2. The highest BCUT2D eigenvalue weighted by Gasteiger charge is 2.39. The van der Waals surface area contributed by atoms with E-state index >= 15 is 0 Å². The number of aliphatic carboxylic acids is 2. The minimum atomic E-state index is -4.48. The minimum Gasteiger partial charge on any atom is -0.478 e. The number of rotatable bonds is 4. The van der Waals surface area contributed by atoms with Gasteiger partial charge in [0.15, 0.2) is 0 Å². The van der Waals surface area contributed by atoms with Crippen molar-refractivity contribution in [2.75, 3.05) is 19.6 Å². The molecule has 0 spiro atoms. The highest BCUT2D eigenvalue weighted by molar-refractivity contribution is 5.96. The van der Waals surface area contributed by atoms with E-state index in [0.717, 1.165) is 23.9 Å². The van der Waals surface area contributed by atoms with E-state index in [9.17, 15) is 32.3 Å². The molecule has 2 fully saturated rings. The molecule has 2 saturated heterocycles. The molecule has 2 bridgehead atoms. The molecule has 2 unspecified atom stereocenters. The van der Waals surface area contributed by atoms with Gasteiger partial charge in [0.05, 0.1) is 11.5 Å². The summed E-state index contributed by atoms with van der Waals surface area (Å²) in [6, 6.07) is 4.45. The van der Waals surface area contributed by atoms with Crippen LogP contribution in [0.5, 0.6) is 0 Å². The Morgan fingerprint density at radius 3 is 2.34 bits per heavy atom. The van der Waals surface area contributed by atoms with Gasteiger partial charge in [0, 0.05) is 31.8 Å². The van der Waals surface area contributed by atoms with E-state index < -0.39 is 29.7 Å². The molecule has 0 aliphatic carbocycles. The van der Waals surface area contributed by atoms with Crippen LogP contribution in [0.4, 0.5) is 18.0 Å².